The molecule has 0 radical (unpaired) electrons. The summed E-state index contributed by atoms with van der Waals surface area (Å²) >= 11 is 1.12. The van der Waals surface area contributed by atoms with Gasteiger partial charge in [0, 0.05) is 29.5 Å². The minimum absolute atomic E-state index is 0.00552. The second kappa shape index (κ2) is 12.6. The summed E-state index contributed by atoms with van der Waals surface area (Å²) in [5, 5.41) is 18.0. The number of carbonyl (C=O) groups excluding carboxylic acids is 2. The van der Waals surface area contributed by atoms with E-state index in [2.05, 4.69) is 18.8 Å². The molecule has 2 fully saturated rings. The molecule has 8 nitrogen and oxygen atoms in total. The molecule has 2 saturated carbocycles. The van der Waals surface area contributed by atoms with E-state index in [0.717, 1.165) is 43.1 Å². The summed E-state index contributed by atoms with van der Waals surface area (Å²) in [6, 6.07) is 1.59. The van der Waals surface area contributed by atoms with Gasteiger partial charge in [-0.2, -0.15) is 0 Å². The summed E-state index contributed by atoms with van der Waals surface area (Å²) in [7, 11) is 0. The van der Waals surface area contributed by atoms with E-state index < -0.39 is 11.9 Å². The minimum Gasteiger partial charge on any atom is -0.477 e. The van der Waals surface area contributed by atoms with Crippen LogP contribution in [0, 0.1) is 34.5 Å². The number of ether oxygens (including phenoxy) is 1. The molecule has 206 valence electrons. The molecular formula is C29H39N3O5S. The predicted molar refractivity (Wildman–Crippen MR) is 149 cm³/mol. The molecule has 0 spiro atoms. The number of nitrogens with zero attached hydrogens (tertiary/aromatic N) is 1. The average molecular weight is 542 g/mol. The second-order valence-corrected chi connectivity index (χ2v) is 12.5. The van der Waals surface area contributed by atoms with Gasteiger partial charge in [-0.15, -0.1) is 11.3 Å². The number of carboxylic acid groups (broad SMARTS) is 1. The summed E-state index contributed by atoms with van der Waals surface area (Å²) in [5.74, 6) is 4.90. The Morgan fingerprint density at radius 2 is 1.74 bits per heavy atom. The Morgan fingerprint density at radius 3 is 2.29 bits per heavy atom. The zero-order valence-electron chi connectivity index (χ0n) is 22.7. The van der Waals surface area contributed by atoms with Gasteiger partial charge in [0.1, 0.15) is 11.0 Å². The second-order valence-electron chi connectivity index (χ2n) is 11.4. The fourth-order valence-corrected chi connectivity index (χ4v) is 5.86. The minimum atomic E-state index is -1.06. The number of hydrogen-bond donors (Lipinski definition) is 3. The van der Waals surface area contributed by atoms with Crippen molar-refractivity contribution < 1.29 is 24.2 Å². The van der Waals surface area contributed by atoms with Crippen molar-refractivity contribution in [2.75, 3.05) is 4.90 Å². The molecule has 2 amide bonds. The van der Waals surface area contributed by atoms with Crippen LogP contribution in [0.5, 0.6) is 0 Å². The first-order chi connectivity index (χ1) is 17.8. The van der Waals surface area contributed by atoms with E-state index in [1.807, 2.05) is 20.8 Å². The first kappa shape index (κ1) is 29.4. The van der Waals surface area contributed by atoms with Crippen molar-refractivity contribution in [1.29, 1.82) is 5.41 Å². The first-order valence-electron chi connectivity index (χ1n) is 13.3. The Labute approximate surface area is 229 Å². The number of amides is 2. The number of hydrogen-bond acceptors (Lipinski definition) is 6. The molecule has 0 unspecified atom stereocenters. The highest BCUT2D eigenvalue weighted by atomic mass is 32.1. The van der Waals surface area contributed by atoms with Crippen LogP contribution in [0.25, 0.3) is 0 Å². The first-order valence-corrected chi connectivity index (χ1v) is 14.1. The summed E-state index contributed by atoms with van der Waals surface area (Å²) in [4.78, 5) is 39.7. The third-order valence-corrected chi connectivity index (χ3v) is 8.06. The molecule has 0 aromatic carbocycles. The van der Waals surface area contributed by atoms with Crippen molar-refractivity contribution in [3.63, 3.8) is 0 Å². The van der Waals surface area contributed by atoms with Gasteiger partial charge in [-0.1, -0.05) is 18.8 Å². The summed E-state index contributed by atoms with van der Waals surface area (Å²) in [6.07, 6.45) is 8.13. The van der Waals surface area contributed by atoms with Crippen molar-refractivity contribution in [1.82, 2.24) is 0 Å². The lowest BCUT2D eigenvalue weighted by Crippen LogP contribution is -2.47. The molecule has 4 N–H and O–H groups in total. The maximum atomic E-state index is 14.0. The van der Waals surface area contributed by atoms with E-state index in [1.54, 1.807) is 11.0 Å². The molecule has 0 atom stereocenters. The van der Waals surface area contributed by atoms with Gasteiger partial charge >= 0.3 is 5.97 Å². The maximum Gasteiger partial charge on any atom is 0.348 e. The quantitative estimate of drug-likeness (QED) is 0.185. The van der Waals surface area contributed by atoms with Gasteiger partial charge in [-0.25, -0.2) is 4.79 Å². The third kappa shape index (κ3) is 8.19. The Bertz CT molecular complexity index is 1140. The average Bonchev–Trinajstić information content (AvgIpc) is 3.27. The largest absolute Gasteiger partial charge is 0.477 e. The fourth-order valence-electron chi connectivity index (χ4n) is 5.02. The summed E-state index contributed by atoms with van der Waals surface area (Å²) < 4.78 is 5.67. The monoisotopic (exact) mass is 541 g/mol. The number of nitrogens with one attached hydrogen (secondary N) is 1. The molecule has 3 rings (SSSR count). The number of aromatic carboxylic acids is 1. The van der Waals surface area contributed by atoms with Crippen LogP contribution in [0.4, 0.5) is 5.69 Å². The topological polar surface area (TPSA) is 134 Å². The molecular weight excluding hydrogens is 502 g/mol. The van der Waals surface area contributed by atoms with Gasteiger partial charge in [-0.3, -0.25) is 15.0 Å². The van der Waals surface area contributed by atoms with Gasteiger partial charge < -0.3 is 20.5 Å². The number of anilines is 1. The molecule has 1 aromatic heterocycles. The van der Waals surface area contributed by atoms with Gasteiger partial charge in [-0.05, 0) is 84.1 Å². The van der Waals surface area contributed by atoms with Crippen LogP contribution in [0.2, 0.25) is 0 Å². The highest BCUT2D eigenvalue weighted by molar-refractivity contribution is 7.15. The third-order valence-electron chi connectivity index (χ3n) is 7.03. The van der Waals surface area contributed by atoms with Crippen LogP contribution in [-0.4, -0.2) is 40.9 Å². The zero-order chi connectivity index (χ0) is 28.0. The van der Waals surface area contributed by atoms with E-state index in [4.69, 9.17) is 15.9 Å². The lowest BCUT2D eigenvalue weighted by atomic mass is 9.81. The van der Waals surface area contributed by atoms with Crippen molar-refractivity contribution >= 4 is 40.7 Å². The van der Waals surface area contributed by atoms with Crippen LogP contribution in [0.3, 0.4) is 0 Å². The molecule has 9 heteroatoms. The van der Waals surface area contributed by atoms with E-state index in [0.29, 0.717) is 42.2 Å². The molecule has 0 saturated heterocycles. The van der Waals surface area contributed by atoms with E-state index in [1.165, 1.54) is 6.08 Å². The normalized spacial score (nSPS) is 23.8. The lowest BCUT2D eigenvalue weighted by Gasteiger charge is -2.39. The fraction of sp³-hybridized carbons (Fsp3) is 0.586. The molecule has 1 aromatic rings. The molecule has 2 aliphatic carbocycles. The van der Waals surface area contributed by atoms with E-state index >= 15 is 0 Å². The van der Waals surface area contributed by atoms with E-state index in [9.17, 15) is 19.5 Å². The summed E-state index contributed by atoms with van der Waals surface area (Å²) in [6.45, 7) is 8.20. The van der Waals surface area contributed by atoms with Crippen LogP contribution < -0.4 is 10.6 Å². The van der Waals surface area contributed by atoms with Crippen molar-refractivity contribution in [3.05, 3.63) is 28.0 Å². The summed E-state index contributed by atoms with van der Waals surface area (Å²) in [5.41, 5.74) is 5.29. The molecule has 2 aliphatic rings. The predicted octanol–water partition coefficient (Wildman–Crippen LogP) is 5.35. The Hall–Kier alpha value is -3.12. The van der Waals surface area contributed by atoms with Crippen molar-refractivity contribution in [2.45, 2.75) is 91.2 Å². The van der Waals surface area contributed by atoms with Gasteiger partial charge in [0.2, 0.25) is 17.7 Å². The van der Waals surface area contributed by atoms with Crippen LogP contribution >= 0.6 is 11.3 Å². The highest BCUT2D eigenvalue weighted by Gasteiger charge is 2.37. The highest BCUT2D eigenvalue weighted by Crippen LogP contribution is 2.39. The number of rotatable bonds is 7. The van der Waals surface area contributed by atoms with Crippen LogP contribution in [-0.2, 0) is 14.3 Å². The van der Waals surface area contributed by atoms with Crippen LogP contribution in [0.1, 0.15) is 93.6 Å². The van der Waals surface area contributed by atoms with Crippen molar-refractivity contribution in [3.8, 4) is 11.8 Å². The molecule has 38 heavy (non-hydrogen) atoms. The SMILES string of the molecule is CC1CCC(C(=O)N(c2cc(C#CC(C)(C)C)sc2C(=O)O)C2CCC(OC(=N)/C=C\C(N)=O)CC2)CC1. The Kier molecular flexibility index (Phi) is 9.77. The number of thiophene rings is 1. The van der Waals surface area contributed by atoms with Crippen molar-refractivity contribution in [2.24, 2.45) is 23.0 Å². The van der Waals surface area contributed by atoms with Gasteiger partial charge in [0.05, 0.1) is 10.6 Å². The van der Waals surface area contributed by atoms with E-state index in [-0.39, 0.29) is 40.2 Å². The smallest absolute Gasteiger partial charge is 0.348 e. The number of carbonyl (C=O) groups is 3. The standard InChI is InChI=1S/C29H39N3O5S/c1-18-5-7-19(8-6-18)27(34)32(20-9-11-21(12-10-20)37-25(31)14-13-24(30)33)23-17-22(15-16-29(2,3)4)38-26(23)28(35)36/h13-14,17-21,31H,5-12H2,1-4H3,(H2,30,33)(H,35,36)/b14-13-,31-25?. The lowest BCUT2D eigenvalue weighted by molar-refractivity contribution is -0.124. The molecule has 0 aliphatic heterocycles. The Morgan fingerprint density at radius 1 is 1.11 bits per heavy atom. The number of carboxylic acids is 1. The van der Waals surface area contributed by atoms with Crippen LogP contribution in [0.15, 0.2) is 18.2 Å². The van der Waals surface area contributed by atoms with Gasteiger partial charge in [0.15, 0.2) is 0 Å². The maximum absolute atomic E-state index is 14.0. The zero-order valence-corrected chi connectivity index (χ0v) is 23.5. The molecule has 1 heterocycles. The molecule has 0 bridgehead atoms. The number of nitrogens with two attached hydrogens (primary N) is 1. The number of primary amides is 1. The van der Waals surface area contributed by atoms with Gasteiger partial charge in [0.25, 0.3) is 0 Å². The Balaban J connectivity index is 1.88.